The highest BCUT2D eigenvalue weighted by Gasteiger charge is 2.34. The van der Waals surface area contributed by atoms with Crippen molar-refractivity contribution < 1.29 is 14.4 Å². The number of nitrogens with one attached hydrogen (secondary N) is 1. The first-order valence-corrected chi connectivity index (χ1v) is 11.8. The molecule has 1 aliphatic rings. The van der Waals surface area contributed by atoms with E-state index in [1.165, 1.54) is 16.2 Å². The molecule has 0 bridgehead atoms. The van der Waals surface area contributed by atoms with Gasteiger partial charge in [-0.25, -0.2) is 4.98 Å². The molecule has 1 saturated heterocycles. The molecule has 1 aliphatic heterocycles. The van der Waals surface area contributed by atoms with Crippen LogP contribution in [0.1, 0.15) is 21.7 Å². The Morgan fingerprint density at radius 1 is 1.24 bits per heavy atom. The molecule has 0 aliphatic carbocycles. The Bertz CT molecular complexity index is 967. The van der Waals surface area contributed by atoms with Gasteiger partial charge in [0.25, 0.3) is 11.1 Å². The number of benzene rings is 1. The topological polar surface area (TPSA) is 79.4 Å². The van der Waals surface area contributed by atoms with Gasteiger partial charge in [0.1, 0.15) is 4.34 Å². The molecule has 1 aromatic carbocycles. The van der Waals surface area contributed by atoms with Crippen LogP contribution in [-0.4, -0.2) is 46.3 Å². The number of aromatic nitrogens is 1. The number of hydrogen-bond donors (Lipinski definition) is 1. The summed E-state index contributed by atoms with van der Waals surface area (Å²) >= 11 is 3.99. The van der Waals surface area contributed by atoms with Crippen molar-refractivity contribution in [1.82, 2.24) is 15.2 Å². The highest BCUT2D eigenvalue weighted by molar-refractivity contribution is 8.18. The first kappa shape index (κ1) is 21.6. The Labute approximate surface area is 182 Å². The summed E-state index contributed by atoms with van der Waals surface area (Å²) in [5.41, 5.74) is 2.87. The van der Waals surface area contributed by atoms with Gasteiger partial charge in [-0.1, -0.05) is 41.6 Å². The van der Waals surface area contributed by atoms with Crippen LogP contribution in [0.4, 0.5) is 4.79 Å². The van der Waals surface area contributed by atoms with E-state index in [0.29, 0.717) is 4.91 Å². The summed E-state index contributed by atoms with van der Waals surface area (Å²) in [5.74, 6) is -0.468. The molecule has 2 aromatic rings. The summed E-state index contributed by atoms with van der Waals surface area (Å²) in [5, 5.41) is 2.47. The van der Waals surface area contributed by atoms with Crippen LogP contribution in [0, 0.1) is 13.8 Å². The Hall–Kier alpha value is -2.10. The normalized spacial score (nSPS) is 15.4. The number of rotatable bonds is 7. The number of nitrogens with zero attached hydrogens (tertiary/aromatic N) is 2. The zero-order chi connectivity index (χ0) is 21.0. The molecular formula is C20H21N3O3S3. The van der Waals surface area contributed by atoms with Gasteiger partial charge in [-0.2, -0.15) is 0 Å². The van der Waals surface area contributed by atoms with Gasteiger partial charge < -0.3 is 5.32 Å². The van der Waals surface area contributed by atoms with Crippen molar-refractivity contribution in [2.75, 3.05) is 19.3 Å². The van der Waals surface area contributed by atoms with Crippen LogP contribution in [0.15, 0.2) is 33.5 Å². The van der Waals surface area contributed by atoms with Crippen LogP contribution in [0.5, 0.6) is 0 Å². The number of imide groups is 1. The standard InChI is InChI=1S/C20H21N3O3S3/c1-12-4-6-14(7-5-12)10-16-18(25)23(20(26)29-16)9-8-21-17(24)11-15-13(2)22-19(27-3)28-15/h4-7,10H,8-9,11H2,1-3H3,(H,21,24). The quantitative estimate of drug-likeness (QED) is 0.513. The van der Waals surface area contributed by atoms with E-state index in [9.17, 15) is 14.4 Å². The van der Waals surface area contributed by atoms with E-state index in [4.69, 9.17) is 0 Å². The second-order valence-electron chi connectivity index (χ2n) is 6.46. The van der Waals surface area contributed by atoms with Gasteiger partial charge in [0.05, 0.1) is 17.0 Å². The fourth-order valence-electron chi connectivity index (χ4n) is 2.67. The van der Waals surface area contributed by atoms with Crippen LogP contribution in [0.25, 0.3) is 6.08 Å². The molecule has 0 unspecified atom stereocenters. The highest BCUT2D eigenvalue weighted by atomic mass is 32.2. The summed E-state index contributed by atoms with van der Waals surface area (Å²) in [6.45, 7) is 4.25. The third-order valence-corrected chi connectivity index (χ3v) is 7.33. The summed E-state index contributed by atoms with van der Waals surface area (Å²) in [7, 11) is 0. The van der Waals surface area contributed by atoms with Crippen LogP contribution < -0.4 is 5.32 Å². The largest absolute Gasteiger partial charge is 0.354 e. The number of amides is 3. The predicted molar refractivity (Wildman–Crippen MR) is 119 cm³/mol. The summed E-state index contributed by atoms with van der Waals surface area (Å²) in [6, 6.07) is 7.73. The first-order valence-electron chi connectivity index (χ1n) is 8.96. The van der Waals surface area contributed by atoms with Crippen LogP contribution in [0.3, 0.4) is 0 Å². The van der Waals surface area contributed by atoms with Crippen molar-refractivity contribution in [1.29, 1.82) is 0 Å². The number of thioether (sulfide) groups is 2. The summed E-state index contributed by atoms with van der Waals surface area (Å²) in [6.07, 6.45) is 3.92. The Morgan fingerprint density at radius 2 is 1.97 bits per heavy atom. The minimum Gasteiger partial charge on any atom is -0.354 e. The van der Waals surface area contributed by atoms with E-state index in [2.05, 4.69) is 10.3 Å². The van der Waals surface area contributed by atoms with Gasteiger partial charge in [0.2, 0.25) is 5.91 Å². The lowest BCUT2D eigenvalue weighted by Crippen LogP contribution is -2.37. The van der Waals surface area contributed by atoms with Crippen molar-refractivity contribution in [2.24, 2.45) is 0 Å². The van der Waals surface area contributed by atoms with E-state index < -0.39 is 0 Å². The second kappa shape index (κ2) is 9.60. The van der Waals surface area contributed by atoms with Crippen LogP contribution in [-0.2, 0) is 16.0 Å². The van der Waals surface area contributed by atoms with E-state index in [-0.39, 0.29) is 36.6 Å². The Morgan fingerprint density at radius 3 is 2.62 bits per heavy atom. The molecule has 1 N–H and O–H groups in total. The Balaban J connectivity index is 1.53. The average Bonchev–Trinajstić information content (AvgIpc) is 3.17. The third-order valence-electron chi connectivity index (χ3n) is 4.28. The van der Waals surface area contributed by atoms with Crippen molar-refractivity contribution in [3.63, 3.8) is 0 Å². The maximum atomic E-state index is 12.5. The number of hydrogen-bond acceptors (Lipinski definition) is 7. The van der Waals surface area contributed by atoms with Gasteiger partial charge in [-0.3, -0.25) is 19.3 Å². The number of thiazole rings is 1. The fourth-order valence-corrected chi connectivity index (χ4v) is 5.19. The zero-order valence-electron chi connectivity index (χ0n) is 16.4. The maximum Gasteiger partial charge on any atom is 0.293 e. The lowest BCUT2D eigenvalue weighted by molar-refractivity contribution is -0.124. The molecule has 2 heterocycles. The molecule has 1 aromatic heterocycles. The molecular weight excluding hydrogens is 426 g/mol. The van der Waals surface area contributed by atoms with Gasteiger partial charge in [0.15, 0.2) is 0 Å². The first-order chi connectivity index (χ1) is 13.9. The van der Waals surface area contributed by atoms with Crippen molar-refractivity contribution in [3.8, 4) is 0 Å². The van der Waals surface area contributed by atoms with Crippen LogP contribution in [0.2, 0.25) is 0 Å². The minimum absolute atomic E-state index is 0.147. The number of carbonyl (C=O) groups excluding carboxylic acids is 3. The van der Waals surface area contributed by atoms with Crippen LogP contribution >= 0.6 is 34.9 Å². The van der Waals surface area contributed by atoms with Crippen molar-refractivity contribution >= 4 is 58.0 Å². The molecule has 6 nitrogen and oxygen atoms in total. The smallest absolute Gasteiger partial charge is 0.293 e. The van der Waals surface area contributed by atoms with E-state index >= 15 is 0 Å². The molecule has 0 radical (unpaired) electrons. The van der Waals surface area contributed by atoms with E-state index in [0.717, 1.165) is 37.8 Å². The van der Waals surface area contributed by atoms with Gasteiger partial charge in [0, 0.05) is 18.0 Å². The predicted octanol–water partition coefficient (Wildman–Crippen LogP) is 3.88. The molecule has 29 heavy (non-hydrogen) atoms. The lowest BCUT2D eigenvalue weighted by atomic mass is 10.1. The van der Waals surface area contributed by atoms with Crippen molar-refractivity contribution in [2.45, 2.75) is 24.6 Å². The number of carbonyl (C=O) groups is 3. The van der Waals surface area contributed by atoms with E-state index in [1.807, 2.05) is 44.4 Å². The van der Waals surface area contributed by atoms with Gasteiger partial charge in [-0.15, -0.1) is 11.3 Å². The summed E-state index contributed by atoms with van der Waals surface area (Å²) < 4.78 is 0.934. The second-order valence-corrected chi connectivity index (χ2v) is 9.59. The molecule has 3 rings (SSSR count). The molecule has 9 heteroatoms. The molecule has 0 atom stereocenters. The molecule has 0 saturated carbocycles. The number of aryl methyl sites for hydroxylation is 2. The maximum absolute atomic E-state index is 12.5. The van der Waals surface area contributed by atoms with Gasteiger partial charge in [-0.05, 0) is 43.5 Å². The molecule has 0 spiro atoms. The Kier molecular flexibility index (Phi) is 7.15. The SMILES string of the molecule is CSc1nc(C)c(CC(=O)NCCN2C(=O)SC(=Cc3ccc(C)cc3)C2=O)s1. The summed E-state index contributed by atoms with van der Waals surface area (Å²) in [4.78, 5) is 43.8. The molecule has 3 amide bonds. The third kappa shape index (κ3) is 5.49. The molecule has 1 fully saturated rings. The monoisotopic (exact) mass is 447 g/mol. The zero-order valence-corrected chi connectivity index (χ0v) is 18.8. The molecule has 152 valence electrons. The van der Waals surface area contributed by atoms with Crippen molar-refractivity contribution in [3.05, 3.63) is 50.9 Å². The average molecular weight is 448 g/mol. The lowest BCUT2D eigenvalue weighted by Gasteiger charge is -2.12. The van der Waals surface area contributed by atoms with Gasteiger partial charge >= 0.3 is 0 Å². The minimum atomic E-state index is -0.322. The fraction of sp³-hybridized carbons (Fsp3) is 0.300. The highest BCUT2D eigenvalue weighted by Crippen LogP contribution is 2.32. The van der Waals surface area contributed by atoms with E-state index in [1.54, 1.807) is 17.8 Å².